The lowest BCUT2D eigenvalue weighted by Gasteiger charge is -2.21. The van der Waals surface area contributed by atoms with Crippen LogP contribution in [0, 0.1) is 12.7 Å². The quantitative estimate of drug-likeness (QED) is 0.402. The predicted molar refractivity (Wildman–Crippen MR) is 127 cm³/mol. The van der Waals surface area contributed by atoms with Crippen LogP contribution in [0.5, 0.6) is 0 Å². The number of halogens is 1. The van der Waals surface area contributed by atoms with Crippen LogP contribution in [0.1, 0.15) is 31.2 Å². The van der Waals surface area contributed by atoms with Gasteiger partial charge >= 0.3 is 0 Å². The molecule has 5 aromatic rings. The van der Waals surface area contributed by atoms with Gasteiger partial charge in [0.25, 0.3) is 0 Å². The largest absolute Gasteiger partial charge is 0.356 e. The van der Waals surface area contributed by atoms with E-state index >= 15 is 0 Å². The zero-order valence-electron chi connectivity index (χ0n) is 18.4. The first-order chi connectivity index (χ1) is 16.6. The molecule has 1 saturated heterocycles. The highest BCUT2D eigenvalue weighted by Crippen LogP contribution is 2.42. The number of hydrogen-bond donors (Lipinski definition) is 1. The Labute approximate surface area is 197 Å². The van der Waals surface area contributed by atoms with E-state index in [1.54, 1.807) is 46.0 Å². The Bertz CT molecular complexity index is 1560. The number of rotatable bonds is 4. The maximum atomic E-state index is 14.9. The van der Waals surface area contributed by atoms with Crippen LogP contribution < -0.4 is 5.43 Å². The van der Waals surface area contributed by atoms with Crippen LogP contribution in [0.3, 0.4) is 0 Å². The lowest BCUT2D eigenvalue weighted by atomic mass is 10.1. The van der Waals surface area contributed by atoms with Crippen LogP contribution in [0.15, 0.2) is 53.7 Å². The van der Waals surface area contributed by atoms with E-state index in [4.69, 9.17) is 9.72 Å². The van der Waals surface area contributed by atoms with Gasteiger partial charge in [0.2, 0.25) is 0 Å². The number of benzene rings is 1. The number of ether oxygens (including phenoxy) is 1. The Hall–Kier alpha value is -3.63. The third kappa shape index (κ3) is 3.55. The Morgan fingerprint density at radius 3 is 2.94 bits per heavy atom. The molecule has 1 unspecified atom stereocenters. The van der Waals surface area contributed by atoms with Gasteiger partial charge < -0.3 is 4.74 Å². The van der Waals surface area contributed by atoms with Crippen LogP contribution in [0.25, 0.3) is 38.0 Å². The molecule has 4 aromatic heterocycles. The van der Waals surface area contributed by atoms with Crippen molar-refractivity contribution in [3.05, 3.63) is 70.7 Å². The molecule has 0 bridgehead atoms. The normalized spacial score (nSPS) is 16.4. The van der Waals surface area contributed by atoms with Gasteiger partial charge in [0.15, 0.2) is 17.5 Å². The maximum absolute atomic E-state index is 14.9. The maximum Gasteiger partial charge on any atom is 0.193 e. The standard InChI is InChI=1S/C24H21FN6O2S/c1-14-20(18-12-15(32)9-10-30(18)28-14)24-27-21(16-6-2-3-7-17(16)25)22(34-24)23-26-13-31(29-23)19-8-4-5-11-33-19/h2-3,6-7,9-10,12-13,19,28H,4-5,8,11H2,1H3. The second kappa shape index (κ2) is 8.30. The summed E-state index contributed by atoms with van der Waals surface area (Å²) in [6.45, 7) is 2.62. The van der Waals surface area contributed by atoms with Crippen molar-refractivity contribution in [1.82, 2.24) is 29.4 Å². The number of nitrogens with one attached hydrogen (secondary N) is 1. The Morgan fingerprint density at radius 1 is 1.24 bits per heavy atom. The average Bonchev–Trinajstić information content (AvgIpc) is 3.56. The molecule has 8 nitrogen and oxygen atoms in total. The van der Waals surface area contributed by atoms with E-state index in [0.717, 1.165) is 30.5 Å². The molecule has 0 radical (unpaired) electrons. The van der Waals surface area contributed by atoms with E-state index in [2.05, 4.69) is 15.2 Å². The third-order valence-electron chi connectivity index (χ3n) is 5.98. The number of aromatic nitrogens is 6. The average molecular weight is 477 g/mol. The lowest BCUT2D eigenvalue weighted by molar-refractivity contribution is -0.0395. The second-order valence-electron chi connectivity index (χ2n) is 8.28. The first-order valence-electron chi connectivity index (χ1n) is 11.1. The number of H-pyrrole nitrogens is 1. The topological polar surface area (TPSA) is 90.1 Å². The van der Waals surface area contributed by atoms with Gasteiger partial charge in [-0.25, -0.2) is 19.0 Å². The molecule has 1 aromatic carbocycles. The van der Waals surface area contributed by atoms with E-state index in [9.17, 15) is 9.18 Å². The van der Waals surface area contributed by atoms with E-state index < -0.39 is 0 Å². The minimum absolute atomic E-state index is 0.0979. The third-order valence-corrected chi connectivity index (χ3v) is 7.05. The number of aromatic amines is 1. The van der Waals surface area contributed by atoms with Crippen molar-refractivity contribution in [2.24, 2.45) is 0 Å². The van der Waals surface area contributed by atoms with Gasteiger partial charge in [0, 0.05) is 36.2 Å². The number of nitrogens with zero attached hydrogens (tertiary/aromatic N) is 5. The van der Waals surface area contributed by atoms with Crippen molar-refractivity contribution in [2.75, 3.05) is 6.61 Å². The monoisotopic (exact) mass is 476 g/mol. The SMILES string of the molecule is Cc1[nH]n2ccc(=O)cc2c1-c1nc(-c2ccccc2F)c(-c2ncn(C3CCCCO3)n2)s1. The number of fused-ring (bicyclic) bond motifs is 1. The summed E-state index contributed by atoms with van der Waals surface area (Å²) in [6.07, 6.45) is 6.19. The van der Waals surface area contributed by atoms with Crippen molar-refractivity contribution < 1.29 is 9.13 Å². The lowest BCUT2D eigenvalue weighted by Crippen LogP contribution is -2.18. The summed E-state index contributed by atoms with van der Waals surface area (Å²) in [5.74, 6) is 0.0911. The van der Waals surface area contributed by atoms with Crippen LogP contribution in [0.4, 0.5) is 4.39 Å². The van der Waals surface area contributed by atoms with Gasteiger partial charge in [0.05, 0.1) is 16.8 Å². The molecular formula is C24H21FN6O2S. The summed E-state index contributed by atoms with van der Waals surface area (Å²) in [5, 5.41) is 8.57. The molecule has 1 aliphatic rings. The summed E-state index contributed by atoms with van der Waals surface area (Å²) < 4.78 is 24.2. The molecule has 6 rings (SSSR count). The Balaban J connectivity index is 1.53. The van der Waals surface area contributed by atoms with Crippen LogP contribution >= 0.6 is 11.3 Å². The number of pyridine rings is 1. The van der Waals surface area contributed by atoms with Crippen molar-refractivity contribution in [2.45, 2.75) is 32.4 Å². The van der Waals surface area contributed by atoms with Crippen molar-refractivity contribution in [3.8, 4) is 32.5 Å². The summed E-state index contributed by atoms with van der Waals surface area (Å²) in [5.41, 5.74) is 3.10. The van der Waals surface area contributed by atoms with Crippen molar-refractivity contribution in [3.63, 3.8) is 0 Å². The Morgan fingerprint density at radius 2 is 2.12 bits per heavy atom. The highest BCUT2D eigenvalue weighted by molar-refractivity contribution is 7.19. The second-order valence-corrected chi connectivity index (χ2v) is 9.27. The number of thiazole rings is 1. The predicted octanol–water partition coefficient (Wildman–Crippen LogP) is 4.82. The molecule has 1 N–H and O–H groups in total. The fourth-order valence-corrected chi connectivity index (χ4v) is 5.46. The van der Waals surface area contributed by atoms with Crippen LogP contribution in [0.2, 0.25) is 0 Å². The van der Waals surface area contributed by atoms with Gasteiger partial charge in [-0.1, -0.05) is 12.1 Å². The molecule has 0 saturated carbocycles. The zero-order chi connectivity index (χ0) is 23.2. The highest BCUT2D eigenvalue weighted by Gasteiger charge is 2.25. The summed E-state index contributed by atoms with van der Waals surface area (Å²) >= 11 is 1.38. The molecule has 0 spiro atoms. The summed E-state index contributed by atoms with van der Waals surface area (Å²) in [6, 6.07) is 9.60. The molecule has 5 heterocycles. The molecule has 0 amide bonds. The van der Waals surface area contributed by atoms with E-state index in [1.807, 2.05) is 6.92 Å². The van der Waals surface area contributed by atoms with E-state index in [1.165, 1.54) is 23.5 Å². The van der Waals surface area contributed by atoms with E-state index in [-0.39, 0.29) is 17.5 Å². The minimum atomic E-state index is -0.373. The summed E-state index contributed by atoms with van der Waals surface area (Å²) in [4.78, 5) is 22.1. The van der Waals surface area contributed by atoms with Gasteiger partial charge in [-0.15, -0.1) is 16.4 Å². The summed E-state index contributed by atoms with van der Waals surface area (Å²) in [7, 11) is 0. The van der Waals surface area contributed by atoms with Crippen molar-refractivity contribution in [1.29, 1.82) is 0 Å². The van der Waals surface area contributed by atoms with Gasteiger partial charge in [-0.3, -0.25) is 14.4 Å². The van der Waals surface area contributed by atoms with Crippen molar-refractivity contribution >= 4 is 16.9 Å². The molecule has 1 aliphatic heterocycles. The van der Waals surface area contributed by atoms with E-state index in [0.29, 0.717) is 39.1 Å². The molecular weight excluding hydrogens is 455 g/mol. The van der Waals surface area contributed by atoms with Crippen LogP contribution in [-0.4, -0.2) is 36.0 Å². The zero-order valence-corrected chi connectivity index (χ0v) is 19.2. The molecule has 0 aliphatic carbocycles. The van der Waals surface area contributed by atoms with Gasteiger partial charge in [0.1, 0.15) is 22.0 Å². The molecule has 10 heteroatoms. The molecule has 1 atom stereocenters. The van der Waals surface area contributed by atoms with Crippen LogP contribution in [-0.2, 0) is 4.74 Å². The highest BCUT2D eigenvalue weighted by atomic mass is 32.1. The van der Waals surface area contributed by atoms with Gasteiger partial charge in [-0.2, -0.15) is 0 Å². The Kier molecular flexibility index (Phi) is 5.11. The molecule has 172 valence electrons. The molecule has 1 fully saturated rings. The fraction of sp³-hybridized carbons (Fsp3) is 0.250. The number of aryl methyl sites for hydroxylation is 1. The fourth-order valence-electron chi connectivity index (χ4n) is 4.33. The minimum Gasteiger partial charge on any atom is -0.356 e. The van der Waals surface area contributed by atoms with Gasteiger partial charge in [-0.05, 0) is 38.3 Å². The first kappa shape index (κ1) is 20.9. The number of hydrogen-bond acceptors (Lipinski definition) is 6. The molecule has 34 heavy (non-hydrogen) atoms. The smallest absolute Gasteiger partial charge is 0.193 e. The first-order valence-corrected chi connectivity index (χ1v) is 11.9.